The highest BCUT2D eigenvalue weighted by atomic mass is 16.3. The van der Waals surface area contributed by atoms with Crippen LogP contribution in [0.15, 0.2) is 57.7 Å². The van der Waals surface area contributed by atoms with E-state index in [1.807, 2.05) is 49.4 Å². The van der Waals surface area contributed by atoms with Crippen LogP contribution in [0, 0.1) is 24.7 Å². The van der Waals surface area contributed by atoms with Gasteiger partial charge in [0.15, 0.2) is 5.43 Å². The summed E-state index contributed by atoms with van der Waals surface area (Å²) in [6.45, 7) is 1.96. The van der Waals surface area contributed by atoms with Gasteiger partial charge in [-0.15, -0.1) is 0 Å². The number of hydrogen-bond donors (Lipinski definition) is 1. The van der Waals surface area contributed by atoms with Gasteiger partial charge < -0.3 is 9.73 Å². The Labute approximate surface area is 181 Å². The molecule has 31 heavy (non-hydrogen) atoms. The van der Waals surface area contributed by atoms with E-state index in [2.05, 4.69) is 5.32 Å². The fourth-order valence-electron chi connectivity index (χ4n) is 6.77. The van der Waals surface area contributed by atoms with E-state index in [0.717, 1.165) is 48.1 Å². The zero-order valence-electron chi connectivity index (χ0n) is 17.8. The maximum atomic E-state index is 13.1. The molecule has 4 saturated carbocycles. The van der Waals surface area contributed by atoms with E-state index in [1.54, 1.807) is 0 Å². The molecular weight excluding hydrogens is 386 g/mol. The molecule has 0 aliphatic heterocycles. The molecule has 0 atom stereocenters. The van der Waals surface area contributed by atoms with Crippen LogP contribution in [0.4, 0.5) is 0 Å². The number of fused-ring (bicyclic) bond motifs is 1. The molecule has 0 unspecified atom stereocenters. The topological polar surface area (TPSA) is 59.3 Å². The van der Waals surface area contributed by atoms with E-state index < -0.39 is 0 Å². The quantitative estimate of drug-likeness (QED) is 0.620. The van der Waals surface area contributed by atoms with Crippen molar-refractivity contribution in [3.05, 3.63) is 69.9 Å². The van der Waals surface area contributed by atoms with E-state index in [1.165, 1.54) is 25.3 Å². The first kappa shape index (κ1) is 18.9. The Kier molecular flexibility index (Phi) is 4.14. The Hall–Kier alpha value is -2.88. The van der Waals surface area contributed by atoms with Crippen LogP contribution in [-0.4, -0.2) is 11.4 Å². The first-order chi connectivity index (χ1) is 15.0. The normalized spacial score (nSPS) is 28.7. The molecule has 3 aromatic rings. The Morgan fingerprint density at radius 1 is 0.935 bits per heavy atom. The molecule has 2 aromatic carbocycles. The highest BCUT2D eigenvalue weighted by Crippen LogP contribution is 2.55. The second-order valence-electron chi connectivity index (χ2n) is 10.2. The van der Waals surface area contributed by atoms with E-state index in [-0.39, 0.29) is 16.9 Å². The molecule has 4 nitrogen and oxygen atoms in total. The summed E-state index contributed by atoms with van der Waals surface area (Å²) in [6, 6.07) is 14.6. The number of nitrogens with one attached hydrogen (secondary N) is 1. The lowest BCUT2D eigenvalue weighted by Crippen LogP contribution is -2.59. The van der Waals surface area contributed by atoms with Crippen LogP contribution >= 0.6 is 0 Å². The lowest BCUT2D eigenvalue weighted by Gasteiger charge is -2.56. The summed E-state index contributed by atoms with van der Waals surface area (Å²) in [6.07, 6.45) is 7.51. The molecule has 158 valence electrons. The van der Waals surface area contributed by atoms with Gasteiger partial charge in [-0.1, -0.05) is 23.8 Å². The maximum Gasteiger partial charge on any atom is 0.251 e. The number of hydrogen-bond acceptors (Lipinski definition) is 3. The Morgan fingerprint density at radius 2 is 1.58 bits per heavy atom. The average Bonchev–Trinajstić information content (AvgIpc) is 2.73. The molecule has 1 heterocycles. The van der Waals surface area contributed by atoms with Crippen LogP contribution in [0.3, 0.4) is 0 Å². The van der Waals surface area contributed by atoms with Crippen molar-refractivity contribution >= 4 is 16.9 Å². The Balaban J connectivity index is 1.24. The van der Waals surface area contributed by atoms with E-state index in [9.17, 15) is 9.59 Å². The van der Waals surface area contributed by atoms with Gasteiger partial charge in [-0.2, -0.15) is 0 Å². The molecule has 4 fully saturated rings. The smallest absolute Gasteiger partial charge is 0.251 e. The number of carbonyl (C=O) groups excluding carboxylic acids is 1. The second-order valence-corrected chi connectivity index (χ2v) is 10.2. The maximum absolute atomic E-state index is 13.1. The van der Waals surface area contributed by atoms with Crippen molar-refractivity contribution < 1.29 is 9.21 Å². The summed E-state index contributed by atoms with van der Waals surface area (Å²) < 4.78 is 5.97. The molecule has 0 radical (unpaired) electrons. The summed E-state index contributed by atoms with van der Waals surface area (Å²) in [5.41, 5.74) is 3.03. The van der Waals surface area contributed by atoms with Crippen molar-refractivity contribution in [2.75, 3.05) is 0 Å². The first-order valence-corrected chi connectivity index (χ1v) is 11.4. The predicted molar refractivity (Wildman–Crippen MR) is 121 cm³/mol. The summed E-state index contributed by atoms with van der Waals surface area (Å²) in [7, 11) is 0. The van der Waals surface area contributed by atoms with Gasteiger partial charge in [-0.05, 0) is 87.5 Å². The second kappa shape index (κ2) is 6.81. The van der Waals surface area contributed by atoms with Crippen LogP contribution in [0.2, 0.25) is 0 Å². The van der Waals surface area contributed by atoms with Gasteiger partial charge in [-0.3, -0.25) is 9.59 Å². The summed E-state index contributed by atoms with van der Waals surface area (Å²) in [5, 5.41) is 4.02. The fraction of sp³-hybridized carbons (Fsp3) is 0.407. The molecule has 1 amide bonds. The molecule has 4 aliphatic rings. The van der Waals surface area contributed by atoms with Gasteiger partial charge in [-0.25, -0.2) is 0 Å². The minimum absolute atomic E-state index is 0.00771. The summed E-state index contributed by atoms with van der Waals surface area (Å²) in [5.74, 6) is 2.94. The number of amides is 1. The lowest BCUT2D eigenvalue weighted by molar-refractivity contribution is -0.0167. The number of benzene rings is 2. The molecular formula is C27H27NO3. The zero-order chi connectivity index (χ0) is 21.2. The van der Waals surface area contributed by atoms with Crippen molar-refractivity contribution in [1.29, 1.82) is 0 Å². The molecule has 4 bridgehead atoms. The zero-order valence-corrected chi connectivity index (χ0v) is 17.8. The van der Waals surface area contributed by atoms with Gasteiger partial charge in [0.25, 0.3) is 5.91 Å². The third kappa shape index (κ3) is 3.29. The summed E-state index contributed by atoms with van der Waals surface area (Å²) in [4.78, 5) is 25.6. The van der Waals surface area contributed by atoms with Gasteiger partial charge in [0.1, 0.15) is 11.3 Å². The van der Waals surface area contributed by atoms with Gasteiger partial charge in [0, 0.05) is 22.7 Å². The molecule has 4 heteroatoms. The fourth-order valence-corrected chi connectivity index (χ4v) is 6.77. The number of aryl methyl sites for hydroxylation is 1. The van der Waals surface area contributed by atoms with Crippen LogP contribution in [0.25, 0.3) is 22.3 Å². The van der Waals surface area contributed by atoms with E-state index >= 15 is 0 Å². The Morgan fingerprint density at radius 3 is 2.23 bits per heavy atom. The predicted octanol–water partition coefficient (Wildman–Crippen LogP) is 5.47. The first-order valence-electron chi connectivity index (χ1n) is 11.4. The highest BCUT2D eigenvalue weighted by molar-refractivity contribution is 5.95. The molecule has 7 rings (SSSR count). The van der Waals surface area contributed by atoms with Crippen LogP contribution in [-0.2, 0) is 0 Å². The average molecular weight is 414 g/mol. The van der Waals surface area contributed by atoms with E-state index in [4.69, 9.17) is 4.42 Å². The molecule has 0 saturated heterocycles. The minimum Gasteiger partial charge on any atom is -0.456 e. The minimum atomic E-state index is -0.0522. The number of carbonyl (C=O) groups is 1. The molecule has 1 N–H and O–H groups in total. The van der Waals surface area contributed by atoms with Gasteiger partial charge in [0.05, 0.1) is 5.39 Å². The summed E-state index contributed by atoms with van der Waals surface area (Å²) >= 11 is 0. The van der Waals surface area contributed by atoms with Crippen molar-refractivity contribution in [2.24, 2.45) is 17.8 Å². The number of rotatable bonds is 3. The third-order valence-electron chi connectivity index (χ3n) is 7.73. The van der Waals surface area contributed by atoms with Gasteiger partial charge in [0.2, 0.25) is 0 Å². The monoisotopic (exact) mass is 413 g/mol. The van der Waals surface area contributed by atoms with Crippen molar-refractivity contribution in [3.63, 3.8) is 0 Å². The largest absolute Gasteiger partial charge is 0.456 e. The third-order valence-corrected chi connectivity index (χ3v) is 7.73. The van der Waals surface area contributed by atoms with Crippen molar-refractivity contribution in [1.82, 2.24) is 5.32 Å². The standard InChI is InChI=1S/C27H27NO3/c1-16-2-7-24-22(8-16)23(29)12-25(31-24)20-3-5-21(6-4-20)26(30)28-27-13-17-9-18(14-27)11-19(10-17)15-27/h2-8,12,17-19H,9-11,13-15H2,1H3,(H,28,30). The SMILES string of the molecule is Cc1ccc2oc(-c3ccc(C(=O)NC45CC6CC(CC(C6)C4)C5)cc3)cc(=O)c2c1. The Bertz CT molecular complexity index is 1200. The lowest BCUT2D eigenvalue weighted by atomic mass is 9.53. The van der Waals surface area contributed by atoms with Crippen molar-refractivity contribution in [3.8, 4) is 11.3 Å². The van der Waals surface area contributed by atoms with Crippen LogP contribution in [0.1, 0.15) is 54.4 Å². The van der Waals surface area contributed by atoms with Crippen molar-refractivity contribution in [2.45, 2.75) is 51.0 Å². The molecule has 1 aromatic heterocycles. The highest BCUT2D eigenvalue weighted by Gasteiger charge is 2.51. The van der Waals surface area contributed by atoms with Crippen LogP contribution in [0.5, 0.6) is 0 Å². The van der Waals surface area contributed by atoms with E-state index in [0.29, 0.717) is 22.3 Å². The molecule has 4 aliphatic carbocycles. The molecule has 0 spiro atoms. The van der Waals surface area contributed by atoms with Crippen LogP contribution < -0.4 is 10.7 Å². The van der Waals surface area contributed by atoms with Gasteiger partial charge >= 0.3 is 0 Å².